The van der Waals surface area contributed by atoms with Crippen LogP contribution in [0.5, 0.6) is 0 Å². The molecule has 1 heterocycles. The van der Waals surface area contributed by atoms with Crippen LogP contribution in [0, 0.1) is 47.5 Å². The fraction of sp³-hybridized carbons (Fsp3) is 0.345. The zero-order valence-corrected chi connectivity index (χ0v) is 20.7. The number of aryl methyl sites for hydroxylation is 6. The van der Waals surface area contributed by atoms with Crippen LogP contribution in [0.1, 0.15) is 52.9 Å². The first-order valence-electron chi connectivity index (χ1n) is 11.3. The van der Waals surface area contributed by atoms with Crippen LogP contribution in [0.25, 0.3) is 0 Å². The summed E-state index contributed by atoms with van der Waals surface area (Å²) in [5.41, 5.74) is 12.7. The third-order valence-electron chi connectivity index (χ3n) is 6.00. The van der Waals surface area contributed by atoms with Crippen LogP contribution >= 0.6 is 0 Å². The predicted octanol–water partition coefficient (Wildman–Crippen LogP) is 7.68. The molecule has 166 valence electrons. The Labute approximate surface area is 193 Å². The molecule has 0 fully saturated rings. The third-order valence-corrected chi connectivity index (χ3v) is 6.00. The van der Waals surface area contributed by atoms with Gasteiger partial charge in [0.2, 0.25) is 0 Å². The van der Waals surface area contributed by atoms with Crippen molar-refractivity contribution in [3.05, 3.63) is 87.7 Å². The molecule has 0 atom stereocenters. The van der Waals surface area contributed by atoms with Crippen molar-refractivity contribution in [3.63, 3.8) is 0 Å². The van der Waals surface area contributed by atoms with Crippen LogP contribution in [0.4, 0.5) is 11.4 Å². The summed E-state index contributed by atoms with van der Waals surface area (Å²) in [5.74, 6) is 0.0742. The van der Waals surface area contributed by atoms with E-state index in [0.717, 1.165) is 34.9 Å². The largest absolute Gasteiger partial charge is 0.261 e. The van der Waals surface area contributed by atoms with Crippen LogP contribution in [-0.4, -0.2) is 16.4 Å². The van der Waals surface area contributed by atoms with Crippen molar-refractivity contribution in [1.82, 2.24) is 4.98 Å². The lowest BCUT2D eigenvalue weighted by Crippen LogP contribution is -2.23. The molecule has 0 spiro atoms. The van der Waals surface area contributed by atoms with Gasteiger partial charge in [-0.05, 0) is 89.8 Å². The maximum absolute atomic E-state index is 5.13. The molecule has 3 heteroatoms. The summed E-state index contributed by atoms with van der Waals surface area (Å²) < 4.78 is 0. The van der Waals surface area contributed by atoms with E-state index in [-0.39, 0.29) is 5.92 Å². The summed E-state index contributed by atoms with van der Waals surface area (Å²) in [5, 5.41) is 0. The molecule has 2 aromatic carbocycles. The second-order valence-corrected chi connectivity index (χ2v) is 9.08. The van der Waals surface area contributed by atoms with Crippen molar-refractivity contribution in [1.29, 1.82) is 0 Å². The smallest absolute Gasteiger partial charge is 0.0687 e. The number of aliphatic imine (C=N–C) groups is 2. The molecule has 32 heavy (non-hydrogen) atoms. The zero-order valence-electron chi connectivity index (χ0n) is 20.7. The van der Waals surface area contributed by atoms with Gasteiger partial charge in [-0.2, -0.15) is 0 Å². The molecule has 1 aromatic heterocycles. The molecule has 0 saturated heterocycles. The fourth-order valence-corrected chi connectivity index (χ4v) is 4.53. The van der Waals surface area contributed by atoms with E-state index >= 15 is 0 Å². The number of hydrogen-bond donors (Lipinski definition) is 0. The van der Waals surface area contributed by atoms with Crippen LogP contribution in [0.3, 0.4) is 0 Å². The molecule has 3 nitrogen and oxygen atoms in total. The molecule has 0 saturated carbocycles. The highest BCUT2D eigenvalue weighted by molar-refractivity contribution is 6.07. The quantitative estimate of drug-likeness (QED) is 0.373. The van der Waals surface area contributed by atoms with Gasteiger partial charge < -0.3 is 0 Å². The lowest BCUT2D eigenvalue weighted by Gasteiger charge is -2.19. The molecule has 0 N–H and O–H groups in total. The standard InChI is InChI=1S/C29H35N3/c1-18-13-20(3)28(21(4)14-18)31-24(7)27(17-26-11-9-10-12-30-26)25(8)32-29-22(5)15-19(2)16-23(29)6/h9-16,27H,17H2,1-8H3/b31-24+,32-25+. The van der Waals surface area contributed by atoms with Gasteiger partial charge in [0, 0.05) is 35.7 Å². The second kappa shape index (κ2) is 10.0. The fourth-order valence-electron chi connectivity index (χ4n) is 4.53. The van der Waals surface area contributed by atoms with Gasteiger partial charge in [0.25, 0.3) is 0 Å². The summed E-state index contributed by atoms with van der Waals surface area (Å²) in [4.78, 5) is 14.8. The van der Waals surface area contributed by atoms with E-state index in [2.05, 4.69) is 90.7 Å². The highest BCUT2D eigenvalue weighted by Gasteiger charge is 2.19. The van der Waals surface area contributed by atoms with Crippen LogP contribution < -0.4 is 0 Å². The average Bonchev–Trinajstić information content (AvgIpc) is 2.72. The first-order chi connectivity index (χ1) is 15.2. The normalized spacial score (nSPS) is 13.4. The van der Waals surface area contributed by atoms with Crippen molar-refractivity contribution >= 4 is 22.8 Å². The van der Waals surface area contributed by atoms with E-state index < -0.39 is 0 Å². The predicted molar refractivity (Wildman–Crippen MR) is 138 cm³/mol. The molecule has 3 rings (SSSR count). The van der Waals surface area contributed by atoms with Gasteiger partial charge in [-0.15, -0.1) is 0 Å². The lowest BCUT2D eigenvalue weighted by atomic mass is 9.92. The highest BCUT2D eigenvalue weighted by Crippen LogP contribution is 2.29. The van der Waals surface area contributed by atoms with Gasteiger partial charge in [0.05, 0.1) is 11.4 Å². The average molecular weight is 426 g/mol. The molecule has 0 aliphatic carbocycles. The molecule has 0 bridgehead atoms. The molecule has 0 radical (unpaired) electrons. The number of aromatic nitrogens is 1. The summed E-state index contributed by atoms with van der Waals surface area (Å²) in [6, 6.07) is 14.9. The Bertz CT molecular complexity index is 1050. The Kier molecular flexibility index (Phi) is 7.40. The molecular weight excluding hydrogens is 390 g/mol. The first kappa shape index (κ1) is 23.6. The molecule has 0 amide bonds. The molecule has 0 aliphatic heterocycles. The molecule has 0 aliphatic rings. The Morgan fingerprint density at radius 2 is 1.16 bits per heavy atom. The van der Waals surface area contributed by atoms with Gasteiger partial charge in [0.15, 0.2) is 0 Å². The number of pyridine rings is 1. The van der Waals surface area contributed by atoms with E-state index in [1.807, 2.05) is 18.3 Å². The number of benzene rings is 2. The van der Waals surface area contributed by atoms with Gasteiger partial charge in [-0.25, -0.2) is 0 Å². The van der Waals surface area contributed by atoms with Gasteiger partial charge in [0.1, 0.15) is 0 Å². The Hall–Kier alpha value is -3.07. The molecular formula is C29H35N3. The first-order valence-corrected chi connectivity index (χ1v) is 11.3. The van der Waals surface area contributed by atoms with Crippen molar-refractivity contribution in [2.75, 3.05) is 0 Å². The van der Waals surface area contributed by atoms with Crippen molar-refractivity contribution in [2.45, 2.75) is 61.8 Å². The topological polar surface area (TPSA) is 37.6 Å². The second-order valence-electron chi connectivity index (χ2n) is 9.08. The van der Waals surface area contributed by atoms with Crippen LogP contribution in [-0.2, 0) is 6.42 Å². The van der Waals surface area contributed by atoms with E-state index in [1.54, 1.807) is 0 Å². The minimum atomic E-state index is 0.0742. The van der Waals surface area contributed by atoms with Crippen molar-refractivity contribution in [2.24, 2.45) is 15.9 Å². The lowest BCUT2D eigenvalue weighted by molar-refractivity contribution is 0.847. The van der Waals surface area contributed by atoms with E-state index in [1.165, 1.54) is 33.4 Å². The Morgan fingerprint density at radius 1 is 0.719 bits per heavy atom. The maximum atomic E-state index is 5.13. The summed E-state index contributed by atoms with van der Waals surface area (Å²) in [6.45, 7) is 17.1. The number of hydrogen-bond acceptors (Lipinski definition) is 3. The highest BCUT2D eigenvalue weighted by atomic mass is 14.8. The van der Waals surface area contributed by atoms with Gasteiger partial charge in [-0.1, -0.05) is 41.5 Å². The summed E-state index contributed by atoms with van der Waals surface area (Å²) >= 11 is 0. The van der Waals surface area contributed by atoms with Crippen LogP contribution in [0.2, 0.25) is 0 Å². The molecule has 0 unspecified atom stereocenters. The van der Waals surface area contributed by atoms with Crippen molar-refractivity contribution in [3.8, 4) is 0 Å². The van der Waals surface area contributed by atoms with Gasteiger partial charge in [-0.3, -0.25) is 15.0 Å². The summed E-state index contributed by atoms with van der Waals surface area (Å²) in [6.07, 6.45) is 2.63. The Morgan fingerprint density at radius 3 is 1.53 bits per heavy atom. The number of rotatable bonds is 6. The monoisotopic (exact) mass is 425 g/mol. The number of nitrogens with zero attached hydrogens (tertiary/aromatic N) is 3. The van der Waals surface area contributed by atoms with Gasteiger partial charge >= 0.3 is 0 Å². The third kappa shape index (κ3) is 5.59. The zero-order chi connectivity index (χ0) is 23.4. The van der Waals surface area contributed by atoms with Crippen LogP contribution in [0.15, 0.2) is 58.6 Å². The summed E-state index contributed by atoms with van der Waals surface area (Å²) in [7, 11) is 0. The molecule has 3 aromatic rings. The van der Waals surface area contributed by atoms with Crippen molar-refractivity contribution < 1.29 is 0 Å². The van der Waals surface area contributed by atoms with E-state index in [0.29, 0.717) is 0 Å². The SMILES string of the molecule is C/C(=N\c1c(C)cc(C)cc1C)C(Cc1ccccn1)/C(C)=N/c1c(C)cc(C)cc1C. The van der Waals surface area contributed by atoms with E-state index in [9.17, 15) is 0 Å². The Balaban J connectivity index is 2.08. The van der Waals surface area contributed by atoms with E-state index in [4.69, 9.17) is 9.98 Å². The minimum absolute atomic E-state index is 0.0742. The maximum Gasteiger partial charge on any atom is 0.0687 e. The minimum Gasteiger partial charge on any atom is -0.261 e.